The number of carbonyl (C=O) groups is 1. The Bertz CT molecular complexity index is 348. The minimum absolute atomic E-state index is 0.0281. The second-order valence-corrected chi connectivity index (χ2v) is 6.68. The maximum absolute atomic E-state index is 12.6. The molecule has 1 amide bonds. The molecule has 3 N–H and O–H groups in total. The van der Waals surface area contributed by atoms with Gasteiger partial charge >= 0.3 is 0 Å². The molecule has 1 fully saturated rings. The summed E-state index contributed by atoms with van der Waals surface area (Å²) < 4.78 is 5.61. The molecule has 1 rings (SSSR count). The van der Waals surface area contributed by atoms with Gasteiger partial charge in [0, 0.05) is 13.2 Å². The van der Waals surface area contributed by atoms with Crippen molar-refractivity contribution in [2.45, 2.75) is 64.9 Å². The van der Waals surface area contributed by atoms with Gasteiger partial charge < -0.3 is 15.8 Å². The molecule has 0 aromatic heterocycles. The zero-order valence-electron chi connectivity index (χ0n) is 13.0. The van der Waals surface area contributed by atoms with Crippen molar-refractivity contribution in [3.05, 3.63) is 0 Å². The van der Waals surface area contributed by atoms with Crippen molar-refractivity contribution in [1.82, 2.24) is 5.32 Å². The summed E-state index contributed by atoms with van der Waals surface area (Å²) in [5, 5.41) is 3.00. The smallest absolute Gasteiger partial charge is 0.233 e. The van der Waals surface area contributed by atoms with Gasteiger partial charge in [0.15, 0.2) is 0 Å². The third-order valence-corrected chi connectivity index (χ3v) is 4.46. The number of hydrogen-bond donors (Lipinski definition) is 2. The van der Waals surface area contributed by atoms with Gasteiger partial charge in [-0.15, -0.1) is 0 Å². The monoisotopic (exact) mass is 300 g/mol. The van der Waals surface area contributed by atoms with E-state index in [0.29, 0.717) is 18.1 Å². The predicted octanol–water partition coefficient (Wildman–Crippen LogP) is 2.54. The van der Waals surface area contributed by atoms with Crippen LogP contribution in [0.4, 0.5) is 0 Å². The van der Waals surface area contributed by atoms with Crippen molar-refractivity contribution in [2.24, 2.45) is 11.1 Å². The number of nitrogens with two attached hydrogens (primary N) is 1. The van der Waals surface area contributed by atoms with E-state index >= 15 is 0 Å². The Morgan fingerprint density at radius 2 is 1.85 bits per heavy atom. The lowest BCUT2D eigenvalue weighted by atomic mass is 9.79. The Morgan fingerprint density at radius 3 is 2.30 bits per heavy atom. The molecule has 0 unspecified atom stereocenters. The second kappa shape index (κ2) is 7.36. The molecule has 0 aliphatic heterocycles. The molecule has 1 aliphatic carbocycles. The summed E-state index contributed by atoms with van der Waals surface area (Å²) in [7, 11) is 0. The molecule has 0 aromatic carbocycles. The fourth-order valence-corrected chi connectivity index (χ4v) is 3.12. The van der Waals surface area contributed by atoms with Gasteiger partial charge in [0.2, 0.25) is 5.91 Å². The van der Waals surface area contributed by atoms with Crippen LogP contribution in [0.1, 0.15) is 59.3 Å². The molecule has 116 valence electrons. The highest BCUT2D eigenvalue weighted by Gasteiger charge is 2.41. The lowest BCUT2D eigenvalue weighted by Gasteiger charge is -2.32. The molecule has 0 bridgehead atoms. The van der Waals surface area contributed by atoms with Crippen molar-refractivity contribution in [2.75, 3.05) is 13.2 Å². The van der Waals surface area contributed by atoms with Crippen LogP contribution in [0.15, 0.2) is 0 Å². The molecular formula is C15H28N2O2S. The molecular weight excluding hydrogens is 272 g/mol. The Kier molecular flexibility index (Phi) is 6.40. The molecule has 0 radical (unpaired) electrons. The van der Waals surface area contributed by atoms with Gasteiger partial charge in [-0.2, -0.15) is 0 Å². The van der Waals surface area contributed by atoms with E-state index < -0.39 is 5.41 Å². The van der Waals surface area contributed by atoms with Gasteiger partial charge in [-0.3, -0.25) is 4.79 Å². The minimum atomic E-state index is -0.659. The number of hydrogen-bond acceptors (Lipinski definition) is 3. The van der Waals surface area contributed by atoms with Crippen LogP contribution >= 0.6 is 12.2 Å². The summed E-state index contributed by atoms with van der Waals surface area (Å²) >= 11 is 5.21. The van der Waals surface area contributed by atoms with Gasteiger partial charge in [0.05, 0.1) is 16.0 Å². The van der Waals surface area contributed by atoms with Crippen molar-refractivity contribution >= 4 is 23.1 Å². The third kappa shape index (κ3) is 4.42. The quantitative estimate of drug-likeness (QED) is 0.584. The first-order chi connectivity index (χ1) is 9.34. The van der Waals surface area contributed by atoms with E-state index in [1.54, 1.807) is 0 Å². The maximum Gasteiger partial charge on any atom is 0.233 e. The van der Waals surface area contributed by atoms with Gasteiger partial charge in [-0.1, -0.05) is 37.9 Å². The summed E-state index contributed by atoms with van der Waals surface area (Å²) in [6.45, 7) is 6.99. The summed E-state index contributed by atoms with van der Waals surface area (Å²) in [4.78, 5) is 13.0. The van der Waals surface area contributed by atoms with Crippen LogP contribution in [0.25, 0.3) is 0 Å². The van der Waals surface area contributed by atoms with Crippen molar-refractivity contribution < 1.29 is 9.53 Å². The molecule has 4 nitrogen and oxygen atoms in total. The van der Waals surface area contributed by atoms with Gasteiger partial charge in [0.25, 0.3) is 0 Å². The Hall–Kier alpha value is -0.680. The zero-order valence-corrected chi connectivity index (χ0v) is 13.8. The number of carbonyl (C=O) groups excluding carboxylic acids is 1. The lowest BCUT2D eigenvalue weighted by Crippen LogP contribution is -2.52. The van der Waals surface area contributed by atoms with Crippen LogP contribution < -0.4 is 11.1 Å². The maximum atomic E-state index is 12.6. The van der Waals surface area contributed by atoms with E-state index in [9.17, 15) is 4.79 Å². The third-order valence-electron chi connectivity index (χ3n) is 4.07. The average molecular weight is 300 g/mol. The predicted molar refractivity (Wildman–Crippen MR) is 85.6 cm³/mol. The molecule has 0 spiro atoms. The normalized spacial score (nSPS) is 19.1. The minimum Gasteiger partial charge on any atom is -0.392 e. The van der Waals surface area contributed by atoms with Crippen LogP contribution in [0.5, 0.6) is 0 Å². The number of amides is 1. The fourth-order valence-electron chi connectivity index (χ4n) is 2.82. The largest absolute Gasteiger partial charge is 0.392 e. The summed E-state index contributed by atoms with van der Waals surface area (Å²) in [5.74, 6) is -0.0281. The summed E-state index contributed by atoms with van der Waals surface area (Å²) in [5.41, 5.74) is 4.88. The zero-order chi connectivity index (χ0) is 15.2. The van der Waals surface area contributed by atoms with Crippen LogP contribution in [0.3, 0.4) is 0 Å². The molecule has 0 atom stereocenters. The number of ether oxygens (including phenoxy) is 1. The first-order valence-corrected chi connectivity index (χ1v) is 7.97. The van der Waals surface area contributed by atoms with E-state index in [1.165, 1.54) is 0 Å². The van der Waals surface area contributed by atoms with Crippen LogP contribution in [-0.4, -0.2) is 29.6 Å². The van der Waals surface area contributed by atoms with E-state index in [4.69, 9.17) is 22.7 Å². The van der Waals surface area contributed by atoms with Crippen LogP contribution in [0.2, 0.25) is 0 Å². The molecule has 0 heterocycles. The van der Waals surface area contributed by atoms with E-state index in [-0.39, 0.29) is 11.5 Å². The van der Waals surface area contributed by atoms with E-state index in [2.05, 4.69) is 5.32 Å². The molecule has 0 saturated heterocycles. The molecule has 0 aromatic rings. The first-order valence-electron chi connectivity index (χ1n) is 7.56. The fraction of sp³-hybridized carbons (Fsp3) is 0.867. The van der Waals surface area contributed by atoms with Crippen molar-refractivity contribution in [3.8, 4) is 0 Å². The Balaban J connectivity index is 2.72. The molecule has 5 heteroatoms. The number of thiocarbonyl (C=S) groups is 1. The van der Waals surface area contributed by atoms with Gasteiger partial charge in [0.1, 0.15) is 0 Å². The standard InChI is InChI=1S/C15H28N2O2S/c1-4-19-14(2,3)11-17-13(18)15(12(16)20)9-7-5-6-8-10-15/h4-11H2,1-3H3,(H2,16,20)(H,17,18). The van der Waals surface area contributed by atoms with E-state index in [0.717, 1.165) is 38.5 Å². The highest BCUT2D eigenvalue weighted by Crippen LogP contribution is 2.35. The van der Waals surface area contributed by atoms with Crippen molar-refractivity contribution in [1.29, 1.82) is 0 Å². The second-order valence-electron chi connectivity index (χ2n) is 6.24. The topological polar surface area (TPSA) is 64.3 Å². The van der Waals surface area contributed by atoms with E-state index in [1.807, 2.05) is 20.8 Å². The number of nitrogens with one attached hydrogen (secondary N) is 1. The summed E-state index contributed by atoms with van der Waals surface area (Å²) in [6, 6.07) is 0. The molecule has 20 heavy (non-hydrogen) atoms. The SMILES string of the molecule is CCOC(C)(C)CNC(=O)C1(C(N)=S)CCCCCC1. The highest BCUT2D eigenvalue weighted by molar-refractivity contribution is 7.80. The van der Waals surface area contributed by atoms with Crippen LogP contribution in [-0.2, 0) is 9.53 Å². The lowest BCUT2D eigenvalue weighted by molar-refractivity contribution is -0.129. The molecule has 1 saturated carbocycles. The Labute approximate surface area is 127 Å². The first kappa shape index (κ1) is 17.4. The Morgan fingerprint density at radius 1 is 1.30 bits per heavy atom. The van der Waals surface area contributed by atoms with Gasteiger partial charge in [-0.25, -0.2) is 0 Å². The molecule has 1 aliphatic rings. The average Bonchev–Trinajstić information content (AvgIpc) is 2.62. The highest BCUT2D eigenvalue weighted by atomic mass is 32.1. The van der Waals surface area contributed by atoms with Crippen molar-refractivity contribution in [3.63, 3.8) is 0 Å². The van der Waals surface area contributed by atoms with Crippen LogP contribution in [0, 0.1) is 5.41 Å². The summed E-state index contributed by atoms with van der Waals surface area (Å²) in [6.07, 6.45) is 5.87. The van der Waals surface area contributed by atoms with Gasteiger partial charge in [-0.05, 0) is 33.6 Å². The number of rotatable bonds is 6.